The van der Waals surface area contributed by atoms with E-state index >= 15 is 0 Å². The normalized spacial score (nSPS) is 13.6. The zero-order chi connectivity index (χ0) is 15.1. The fourth-order valence-electron chi connectivity index (χ4n) is 1.51. The largest absolute Gasteiger partial charge is 0.433 e. The smallest absolute Gasteiger partial charge is 0.383 e. The van der Waals surface area contributed by atoms with Crippen LogP contribution in [0, 0.1) is 0 Å². The molecule has 2 heterocycles. The van der Waals surface area contributed by atoms with Gasteiger partial charge in [-0.15, -0.1) is 11.3 Å². The topological polar surface area (TPSA) is 33.1 Å². The number of pyridine rings is 1. The SMILES string of the molecule is OC(c1ccc(C(F)(F)F)nc1Cl)c1cc(Br)sc1Br. The van der Waals surface area contributed by atoms with Gasteiger partial charge in [-0.2, -0.15) is 13.2 Å². The minimum absolute atomic E-state index is 0.116. The van der Waals surface area contributed by atoms with Gasteiger partial charge < -0.3 is 5.11 Å². The summed E-state index contributed by atoms with van der Waals surface area (Å²) in [6, 6.07) is 3.58. The molecule has 0 aliphatic heterocycles. The van der Waals surface area contributed by atoms with E-state index in [2.05, 4.69) is 36.8 Å². The first-order valence-electron chi connectivity index (χ1n) is 5.06. The van der Waals surface area contributed by atoms with E-state index in [1.165, 1.54) is 11.3 Å². The number of halogens is 6. The Morgan fingerprint density at radius 2 is 1.90 bits per heavy atom. The summed E-state index contributed by atoms with van der Waals surface area (Å²) in [5.41, 5.74) is -0.472. The van der Waals surface area contributed by atoms with Crippen molar-refractivity contribution in [2.24, 2.45) is 0 Å². The highest BCUT2D eigenvalue weighted by atomic mass is 79.9. The van der Waals surface area contributed by atoms with E-state index < -0.39 is 18.0 Å². The van der Waals surface area contributed by atoms with E-state index in [-0.39, 0.29) is 10.7 Å². The van der Waals surface area contributed by atoms with Crippen LogP contribution in [0.3, 0.4) is 0 Å². The van der Waals surface area contributed by atoms with Gasteiger partial charge in [0.1, 0.15) is 17.0 Å². The van der Waals surface area contributed by atoms with Gasteiger partial charge in [-0.1, -0.05) is 17.7 Å². The van der Waals surface area contributed by atoms with Crippen molar-refractivity contribution < 1.29 is 18.3 Å². The Labute approximate surface area is 137 Å². The molecule has 2 nitrogen and oxygen atoms in total. The molecule has 0 radical (unpaired) electrons. The molecule has 0 saturated carbocycles. The number of hydrogen-bond acceptors (Lipinski definition) is 3. The Morgan fingerprint density at radius 3 is 2.35 bits per heavy atom. The van der Waals surface area contributed by atoms with Crippen molar-refractivity contribution in [1.29, 1.82) is 0 Å². The Morgan fingerprint density at radius 1 is 1.25 bits per heavy atom. The first kappa shape index (κ1) is 16.2. The maximum Gasteiger partial charge on any atom is 0.433 e. The summed E-state index contributed by atoms with van der Waals surface area (Å²) in [6.07, 6.45) is -5.73. The monoisotopic (exact) mass is 449 g/mol. The lowest BCUT2D eigenvalue weighted by atomic mass is 10.1. The third-order valence-electron chi connectivity index (χ3n) is 2.44. The number of aromatic nitrogens is 1. The van der Waals surface area contributed by atoms with Crippen LogP contribution in [0.2, 0.25) is 5.15 Å². The molecule has 0 fully saturated rings. The number of aliphatic hydroxyl groups is 1. The third kappa shape index (κ3) is 3.36. The lowest BCUT2D eigenvalue weighted by Gasteiger charge is -2.13. The van der Waals surface area contributed by atoms with Crippen LogP contribution >= 0.6 is 54.8 Å². The molecule has 0 amide bonds. The lowest BCUT2D eigenvalue weighted by Crippen LogP contribution is -2.10. The summed E-state index contributed by atoms with van der Waals surface area (Å²) in [7, 11) is 0. The zero-order valence-corrected chi connectivity index (χ0v) is 14.1. The molecule has 0 aromatic carbocycles. The average molecular weight is 451 g/mol. The second-order valence-electron chi connectivity index (χ2n) is 3.76. The van der Waals surface area contributed by atoms with E-state index in [9.17, 15) is 18.3 Å². The van der Waals surface area contributed by atoms with Gasteiger partial charge in [0, 0.05) is 11.1 Å². The van der Waals surface area contributed by atoms with Crippen molar-refractivity contribution in [2.45, 2.75) is 12.3 Å². The minimum atomic E-state index is -4.57. The Balaban J connectivity index is 2.41. The molecule has 0 saturated heterocycles. The Hall–Kier alpha value is -0.150. The van der Waals surface area contributed by atoms with Gasteiger partial charge in [-0.05, 0) is 44.0 Å². The van der Waals surface area contributed by atoms with E-state index in [0.29, 0.717) is 9.35 Å². The van der Waals surface area contributed by atoms with Crippen LogP contribution in [0.25, 0.3) is 0 Å². The van der Waals surface area contributed by atoms with Gasteiger partial charge in [0.05, 0.1) is 7.57 Å². The third-order valence-corrected chi connectivity index (χ3v) is 5.13. The summed E-state index contributed by atoms with van der Waals surface area (Å²) in [5.74, 6) is 0. The average Bonchev–Trinajstić information content (AvgIpc) is 2.66. The van der Waals surface area contributed by atoms with Crippen molar-refractivity contribution >= 4 is 54.8 Å². The second kappa shape index (κ2) is 5.92. The van der Waals surface area contributed by atoms with Crippen LogP contribution < -0.4 is 0 Å². The molecule has 0 aliphatic rings. The second-order valence-corrected chi connectivity index (χ2v) is 7.86. The molecule has 20 heavy (non-hydrogen) atoms. The molecule has 1 N–H and O–H groups in total. The minimum Gasteiger partial charge on any atom is -0.383 e. The van der Waals surface area contributed by atoms with Crippen LogP contribution in [0.5, 0.6) is 0 Å². The summed E-state index contributed by atoms with van der Waals surface area (Å²) < 4.78 is 38.9. The summed E-state index contributed by atoms with van der Waals surface area (Å²) in [4.78, 5) is 3.28. The highest BCUT2D eigenvalue weighted by molar-refractivity contribution is 9.12. The molecule has 2 aromatic heterocycles. The number of aliphatic hydroxyl groups excluding tert-OH is 1. The van der Waals surface area contributed by atoms with Crippen molar-refractivity contribution in [2.75, 3.05) is 0 Å². The number of hydrogen-bond donors (Lipinski definition) is 1. The number of thiophene rings is 1. The fourth-order valence-corrected chi connectivity index (χ4v) is 4.66. The predicted octanol–water partition coefficient (Wildman–Crippen LogP) is 5.42. The maximum atomic E-state index is 12.5. The first-order valence-corrected chi connectivity index (χ1v) is 7.84. The fraction of sp³-hybridized carbons (Fsp3) is 0.182. The molecule has 2 rings (SSSR count). The van der Waals surface area contributed by atoms with Crippen molar-refractivity contribution in [1.82, 2.24) is 4.98 Å². The van der Waals surface area contributed by atoms with Crippen LogP contribution in [-0.4, -0.2) is 10.1 Å². The van der Waals surface area contributed by atoms with Crippen molar-refractivity contribution in [3.8, 4) is 0 Å². The van der Waals surface area contributed by atoms with Gasteiger partial charge in [0.15, 0.2) is 0 Å². The molecule has 0 aliphatic carbocycles. The molecular formula is C11H5Br2ClF3NOS. The standard InChI is InChI=1S/C11H5Br2ClF3NOS/c12-7-3-5(9(13)20-7)8(19)4-1-2-6(11(15,16)17)18-10(4)14/h1-3,8,19H. The highest BCUT2D eigenvalue weighted by Crippen LogP contribution is 2.39. The van der Waals surface area contributed by atoms with Gasteiger partial charge >= 0.3 is 6.18 Å². The summed E-state index contributed by atoms with van der Waals surface area (Å²) in [6.45, 7) is 0. The van der Waals surface area contributed by atoms with E-state index in [0.717, 1.165) is 15.9 Å². The van der Waals surface area contributed by atoms with E-state index in [4.69, 9.17) is 11.6 Å². The summed E-state index contributed by atoms with van der Waals surface area (Å²) >= 11 is 13.6. The molecule has 1 unspecified atom stereocenters. The van der Waals surface area contributed by atoms with Gasteiger partial charge in [-0.25, -0.2) is 4.98 Å². The van der Waals surface area contributed by atoms with Gasteiger partial charge in [0.25, 0.3) is 0 Å². The Kier molecular flexibility index (Phi) is 4.80. The number of nitrogens with zero attached hydrogens (tertiary/aromatic N) is 1. The zero-order valence-electron chi connectivity index (χ0n) is 9.38. The van der Waals surface area contributed by atoms with E-state index in [1.54, 1.807) is 6.07 Å². The first-order chi connectivity index (χ1) is 9.20. The molecule has 2 aromatic rings. The van der Waals surface area contributed by atoms with Gasteiger partial charge in [0.2, 0.25) is 0 Å². The van der Waals surface area contributed by atoms with Gasteiger partial charge in [-0.3, -0.25) is 0 Å². The molecular weight excluding hydrogens is 446 g/mol. The van der Waals surface area contributed by atoms with Crippen LogP contribution in [0.1, 0.15) is 22.9 Å². The molecule has 9 heteroatoms. The molecule has 108 valence electrons. The predicted molar refractivity (Wildman–Crippen MR) is 78.0 cm³/mol. The number of alkyl halides is 3. The quantitative estimate of drug-likeness (QED) is 0.619. The highest BCUT2D eigenvalue weighted by Gasteiger charge is 2.33. The maximum absolute atomic E-state index is 12.5. The van der Waals surface area contributed by atoms with E-state index in [1.807, 2.05) is 0 Å². The molecule has 0 spiro atoms. The molecule has 1 atom stereocenters. The van der Waals surface area contributed by atoms with Crippen LogP contribution in [0.15, 0.2) is 25.8 Å². The van der Waals surface area contributed by atoms with Crippen LogP contribution in [0.4, 0.5) is 13.2 Å². The molecule has 0 bridgehead atoms. The lowest BCUT2D eigenvalue weighted by molar-refractivity contribution is -0.141. The summed E-state index contributed by atoms with van der Waals surface area (Å²) in [5, 5.41) is 9.84. The number of rotatable bonds is 2. The van der Waals surface area contributed by atoms with Crippen molar-refractivity contribution in [3.63, 3.8) is 0 Å². The van der Waals surface area contributed by atoms with Crippen molar-refractivity contribution in [3.05, 3.63) is 47.7 Å². The van der Waals surface area contributed by atoms with Crippen LogP contribution in [-0.2, 0) is 6.18 Å². The Bertz CT molecular complexity index is 647.